The van der Waals surface area contributed by atoms with Crippen molar-refractivity contribution in [3.8, 4) is 22.6 Å². The Hall–Kier alpha value is -3.35. The van der Waals surface area contributed by atoms with Gasteiger partial charge in [-0.15, -0.1) is 0 Å². The number of nitrogens with zero attached hydrogens (tertiary/aromatic N) is 3. The van der Waals surface area contributed by atoms with Gasteiger partial charge in [-0.25, -0.2) is 0 Å². The maximum atomic E-state index is 12.8. The largest absolute Gasteiger partial charge is 0.432 e. The van der Waals surface area contributed by atoms with Gasteiger partial charge in [0.1, 0.15) is 11.4 Å². The van der Waals surface area contributed by atoms with Crippen LogP contribution in [0.1, 0.15) is 11.3 Å². The summed E-state index contributed by atoms with van der Waals surface area (Å²) in [4.78, 5) is 4.17. The summed E-state index contributed by atoms with van der Waals surface area (Å²) in [5.41, 5.74) is 2.62. The molecule has 3 aromatic heterocycles. The van der Waals surface area contributed by atoms with Crippen molar-refractivity contribution >= 4 is 0 Å². The van der Waals surface area contributed by atoms with Crippen molar-refractivity contribution in [2.24, 2.45) is 0 Å². The van der Waals surface area contributed by atoms with Gasteiger partial charge in [0, 0.05) is 30.2 Å². The van der Waals surface area contributed by atoms with E-state index < -0.39 is 11.9 Å². The lowest BCUT2D eigenvalue weighted by Gasteiger charge is -2.10. The average Bonchev–Trinajstić information content (AvgIpc) is 3.32. The normalized spacial score (nSPS) is 11.7. The van der Waals surface area contributed by atoms with E-state index in [1.54, 1.807) is 12.3 Å². The molecule has 0 spiro atoms. The fourth-order valence-electron chi connectivity index (χ4n) is 2.92. The lowest BCUT2D eigenvalue weighted by molar-refractivity contribution is -0.141. The Morgan fingerprint density at radius 1 is 0.926 bits per heavy atom. The molecule has 1 aromatic carbocycles. The summed E-state index contributed by atoms with van der Waals surface area (Å²) in [5.74, 6) is 0. The Balaban J connectivity index is 1.66. The fraction of sp³-hybridized carbons (Fsp3) is 0.100. The van der Waals surface area contributed by atoms with E-state index >= 15 is 0 Å². The molecule has 0 atom stereocenters. The summed E-state index contributed by atoms with van der Waals surface area (Å²) in [6, 6.07) is 18.5. The number of hydrogen-bond acceptors (Lipinski definition) is 2. The molecule has 0 saturated carbocycles. The van der Waals surface area contributed by atoms with Crippen molar-refractivity contribution in [1.29, 1.82) is 0 Å². The quantitative estimate of drug-likeness (QED) is 0.551. The average molecular weight is 368 g/mol. The SMILES string of the molecule is FC(F)(F)c1cc(-c2cc(-c3cccn3Cc3ccccc3)ccn2)n[nH]1. The van der Waals surface area contributed by atoms with Crippen LogP contribution >= 0.6 is 0 Å². The van der Waals surface area contributed by atoms with Gasteiger partial charge in [-0.3, -0.25) is 10.1 Å². The van der Waals surface area contributed by atoms with Crippen molar-refractivity contribution in [2.75, 3.05) is 0 Å². The number of hydrogen-bond donors (Lipinski definition) is 1. The molecule has 0 fully saturated rings. The second-order valence-corrected chi connectivity index (χ2v) is 6.10. The molecular weight excluding hydrogens is 353 g/mol. The molecule has 4 aromatic rings. The summed E-state index contributed by atoms with van der Waals surface area (Å²) in [7, 11) is 0. The maximum Gasteiger partial charge on any atom is 0.432 e. The van der Waals surface area contributed by atoms with Crippen LogP contribution < -0.4 is 0 Å². The number of nitrogens with one attached hydrogen (secondary N) is 1. The number of aromatic nitrogens is 4. The minimum Gasteiger partial charge on any atom is -0.343 e. The van der Waals surface area contributed by atoms with Crippen LogP contribution in [0.15, 0.2) is 73.1 Å². The number of alkyl halides is 3. The van der Waals surface area contributed by atoms with Gasteiger partial charge in [-0.1, -0.05) is 30.3 Å². The number of aromatic amines is 1. The standard InChI is InChI=1S/C20H15F3N4/c21-20(22,23)19-12-17(25-26-19)16-11-15(8-9-24-16)18-7-4-10-27(18)13-14-5-2-1-3-6-14/h1-12H,13H2,(H,25,26). The minimum absolute atomic E-state index is 0.158. The third-order valence-electron chi connectivity index (χ3n) is 4.23. The summed E-state index contributed by atoms with van der Waals surface area (Å²) in [6.07, 6.45) is -0.918. The van der Waals surface area contributed by atoms with E-state index in [4.69, 9.17) is 0 Å². The highest BCUT2D eigenvalue weighted by atomic mass is 19.4. The Bertz CT molecular complexity index is 1050. The molecule has 0 aliphatic carbocycles. The predicted molar refractivity (Wildman–Crippen MR) is 95.8 cm³/mol. The molecule has 1 N–H and O–H groups in total. The van der Waals surface area contributed by atoms with Crippen LogP contribution in [0.4, 0.5) is 13.2 Å². The van der Waals surface area contributed by atoms with E-state index in [0.717, 1.165) is 22.9 Å². The first-order valence-corrected chi connectivity index (χ1v) is 8.29. The number of pyridine rings is 1. The number of halogens is 3. The Morgan fingerprint density at radius 3 is 2.48 bits per heavy atom. The molecule has 0 aliphatic rings. The van der Waals surface area contributed by atoms with Gasteiger partial charge in [-0.05, 0) is 35.9 Å². The monoisotopic (exact) mass is 368 g/mol. The van der Waals surface area contributed by atoms with Gasteiger partial charge in [-0.2, -0.15) is 18.3 Å². The topological polar surface area (TPSA) is 46.5 Å². The summed E-state index contributed by atoms with van der Waals surface area (Å²) in [5, 5.41) is 5.77. The molecule has 0 radical (unpaired) electrons. The summed E-state index contributed by atoms with van der Waals surface area (Å²) in [6.45, 7) is 0.696. The molecule has 0 unspecified atom stereocenters. The van der Waals surface area contributed by atoms with Crippen molar-refractivity contribution in [1.82, 2.24) is 19.7 Å². The Labute approximate surface area is 153 Å². The van der Waals surface area contributed by atoms with Crippen LogP contribution in [0, 0.1) is 0 Å². The maximum absolute atomic E-state index is 12.8. The fourth-order valence-corrected chi connectivity index (χ4v) is 2.92. The molecule has 4 rings (SSSR count). The first-order chi connectivity index (χ1) is 13.0. The van der Waals surface area contributed by atoms with Gasteiger partial charge < -0.3 is 4.57 Å². The number of H-pyrrole nitrogens is 1. The highest BCUT2D eigenvalue weighted by Gasteiger charge is 2.33. The van der Waals surface area contributed by atoms with Crippen LogP contribution in [0.25, 0.3) is 22.6 Å². The van der Waals surface area contributed by atoms with Crippen molar-refractivity contribution < 1.29 is 13.2 Å². The molecule has 0 amide bonds. The molecule has 4 nitrogen and oxygen atoms in total. The lowest BCUT2D eigenvalue weighted by Crippen LogP contribution is -2.04. The van der Waals surface area contributed by atoms with Gasteiger partial charge in [0.05, 0.1) is 5.69 Å². The number of rotatable bonds is 4. The van der Waals surface area contributed by atoms with E-state index in [2.05, 4.69) is 14.6 Å². The van der Waals surface area contributed by atoms with Gasteiger partial charge in [0.2, 0.25) is 0 Å². The molecule has 27 heavy (non-hydrogen) atoms. The van der Waals surface area contributed by atoms with E-state index in [9.17, 15) is 13.2 Å². The smallest absolute Gasteiger partial charge is 0.343 e. The first kappa shape index (κ1) is 17.1. The van der Waals surface area contributed by atoms with Crippen LogP contribution in [-0.4, -0.2) is 19.7 Å². The van der Waals surface area contributed by atoms with Crippen molar-refractivity contribution in [2.45, 2.75) is 12.7 Å². The van der Waals surface area contributed by atoms with E-state index in [0.29, 0.717) is 12.2 Å². The summed E-state index contributed by atoms with van der Waals surface area (Å²) < 4.78 is 40.4. The molecule has 3 heterocycles. The van der Waals surface area contributed by atoms with Crippen LogP contribution in [0.3, 0.4) is 0 Å². The minimum atomic E-state index is -4.47. The van der Waals surface area contributed by atoms with E-state index in [1.807, 2.05) is 59.8 Å². The third kappa shape index (κ3) is 3.62. The second kappa shape index (κ2) is 6.75. The predicted octanol–water partition coefficient (Wildman–Crippen LogP) is 5.01. The molecular formula is C20H15F3N4. The summed E-state index contributed by atoms with van der Waals surface area (Å²) >= 11 is 0. The first-order valence-electron chi connectivity index (χ1n) is 8.29. The molecule has 0 aliphatic heterocycles. The van der Waals surface area contributed by atoms with Crippen LogP contribution in [0.5, 0.6) is 0 Å². The van der Waals surface area contributed by atoms with Crippen LogP contribution in [0.2, 0.25) is 0 Å². The van der Waals surface area contributed by atoms with Gasteiger partial charge in [0.15, 0.2) is 0 Å². The Kier molecular flexibility index (Phi) is 4.27. The van der Waals surface area contributed by atoms with Gasteiger partial charge >= 0.3 is 6.18 Å². The van der Waals surface area contributed by atoms with Gasteiger partial charge in [0.25, 0.3) is 0 Å². The van der Waals surface area contributed by atoms with E-state index in [1.165, 1.54) is 0 Å². The molecule has 0 bridgehead atoms. The molecule has 0 saturated heterocycles. The zero-order valence-corrected chi connectivity index (χ0v) is 14.1. The lowest BCUT2D eigenvalue weighted by atomic mass is 10.1. The zero-order valence-electron chi connectivity index (χ0n) is 14.1. The highest BCUT2D eigenvalue weighted by molar-refractivity contribution is 5.67. The molecule has 7 heteroatoms. The van der Waals surface area contributed by atoms with Crippen molar-refractivity contribution in [3.63, 3.8) is 0 Å². The third-order valence-corrected chi connectivity index (χ3v) is 4.23. The molecule has 136 valence electrons. The Morgan fingerprint density at radius 2 is 1.74 bits per heavy atom. The number of benzene rings is 1. The van der Waals surface area contributed by atoms with Crippen LogP contribution in [-0.2, 0) is 12.7 Å². The van der Waals surface area contributed by atoms with E-state index in [-0.39, 0.29) is 5.69 Å². The zero-order chi connectivity index (χ0) is 18.9. The highest BCUT2D eigenvalue weighted by Crippen LogP contribution is 2.31. The van der Waals surface area contributed by atoms with Crippen molar-refractivity contribution in [3.05, 3.63) is 84.3 Å². The second-order valence-electron chi connectivity index (χ2n) is 6.10.